The second-order valence-corrected chi connectivity index (χ2v) is 10.7. The van der Waals surface area contributed by atoms with Gasteiger partial charge in [0.1, 0.15) is 0 Å². The maximum Gasteiger partial charge on any atom is 0.281 e. The van der Waals surface area contributed by atoms with Crippen LogP contribution in [-0.4, -0.2) is 23.7 Å². The molecule has 3 rings (SSSR count). The van der Waals surface area contributed by atoms with Crippen molar-refractivity contribution in [2.24, 2.45) is 0 Å². The molecule has 1 fully saturated rings. The van der Waals surface area contributed by atoms with Gasteiger partial charge >= 0.3 is 0 Å². The molecule has 5 nitrogen and oxygen atoms in total. The minimum Gasteiger partial charge on any atom is -0.267 e. The van der Waals surface area contributed by atoms with Crippen LogP contribution in [0.1, 0.15) is 5.56 Å². The quantitative estimate of drug-likeness (QED) is 0.417. The Morgan fingerprint density at radius 1 is 1.15 bits per heavy atom. The summed E-state index contributed by atoms with van der Waals surface area (Å²) in [6.07, 6.45) is 1.64. The van der Waals surface area contributed by atoms with E-state index in [1.165, 1.54) is 18.2 Å². The van der Waals surface area contributed by atoms with Crippen molar-refractivity contribution in [3.05, 3.63) is 66.9 Å². The Kier molecular flexibility index (Phi) is 6.46. The normalized spacial score (nSPS) is 16.4. The van der Waals surface area contributed by atoms with Gasteiger partial charge in [-0.15, -0.1) is 4.83 Å². The molecule has 0 aromatic heterocycles. The zero-order valence-electron chi connectivity index (χ0n) is 13.1. The molecule has 2 aromatic carbocycles. The summed E-state index contributed by atoms with van der Waals surface area (Å²) in [4.78, 5) is 15.1. The standard InChI is InChI=1S/C16H9Br2ClN2O3S3/c17-12-5-4-9(6-13(12)18)7-14-15(22)21(16(25)26-14)20-27(23,24)11-3-1-2-10(19)8-11/h1-8,20H/b14-7+. The van der Waals surface area contributed by atoms with Crippen molar-refractivity contribution in [3.8, 4) is 0 Å². The molecule has 1 heterocycles. The lowest BCUT2D eigenvalue weighted by Crippen LogP contribution is -2.44. The van der Waals surface area contributed by atoms with Gasteiger partial charge < -0.3 is 0 Å². The summed E-state index contributed by atoms with van der Waals surface area (Å²) >= 11 is 18.8. The third-order valence-corrected chi connectivity index (χ3v) is 8.07. The molecular weight excluding hydrogens is 560 g/mol. The van der Waals surface area contributed by atoms with Crippen LogP contribution >= 0.6 is 67.4 Å². The highest BCUT2D eigenvalue weighted by Gasteiger charge is 2.35. The van der Waals surface area contributed by atoms with E-state index in [2.05, 4.69) is 36.7 Å². The van der Waals surface area contributed by atoms with E-state index in [0.29, 0.717) is 4.91 Å². The van der Waals surface area contributed by atoms with Gasteiger partial charge in [-0.05, 0) is 73.8 Å². The highest BCUT2D eigenvalue weighted by atomic mass is 79.9. The average Bonchev–Trinajstić information content (AvgIpc) is 2.85. The first-order chi connectivity index (χ1) is 12.7. The molecule has 0 unspecified atom stereocenters. The van der Waals surface area contributed by atoms with E-state index in [1.807, 2.05) is 18.2 Å². The van der Waals surface area contributed by atoms with E-state index >= 15 is 0 Å². The number of thioether (sulfide) groups is 1. The van der Waals surface area contributed by atoms with E-state index in [-0.39, 0.29) is 14.2 Å². The maximum atomic E-state index is 12.6. The van der Waals surface area contributed by atoms with E-state index in [4.69, 9.17) is 23.8 Å². The van der Waals surface area contributed by atoms with Crippen LogP contribution in [0.25, 0.3) is 6.08 Å². The molecule has 0 bridgehead atoms. The SMILES string of the molecule is O=C1/C(=C\c2ccc(Br)c(Br)c2)SC(=S)N1NS(=O)(=O)c1cccc(Cl)c1. The van der Waals surface area contributed by atoms with Gasteiger partial charge in [0, 0.05) is 14.0 Å². The lowest BCUT2D eigenvalue weighted by Gasteiger charge is -2.16. The summed E-state index contributed by atoms with van der Waals surface area (Å²) < 4.78 is 26.8. The van der Waals surface area contributed by atoms with Crippen molar-refractivity contribution in [1.29, 1.82) is 0 Å². The Morgan fingerprint density at radius 2 is 1.89 bits per heavy atom. The molecule has 1 aliphatic rings. The molecule has 0 aliphatic carbocycles. The van der Waals surface area contributed by atoms with Crippen LogP contribution in [0.4, 0.5) is 0 Å². The van der Waals surface area contributed by atoms with E-state index in [1.54, 1.807) is 12.1 Å². The lowest BCUT2D eigenvalue weighted by atomic mass is 10.2. The summed E-state index contributed by atoms with van der Waals surface area (Å²) in [6, 6.07) is 11.2. The molecule has 0 atom stereocenters. The van der Waals surface area contributed by atoms with Crippen LogP contribution in [0.5, 0.6) is 0 Å². The number of halogens is 3. The predicted molar refractivity (Wildman–Crippen MR) is 119 cm³/mol. The summed E-state index contributed by atoms with van der Waals surface area (Å²) in [6.45, 7) is 0. The van der Waals surface area contributed by atoms with E-state index in [0.717, 1.165) is 31.3 Å². The van der Waals surface area contributed by atoms with Crippen LogP contribution in [0.3, 0.4) is 0 Å². The van der Waals surface area contributed by atoms with Gasteiger partial charge in [0.15, 0.2) is 4.32 Å². The Balaban J connectivity index is 1.86. The third kappa shape index (κ3) is 4.81. The minimum absolute atomic E-state index is 0.0649. The van der Waals surface area contributed by atoms with Crippen molar-refractivity contribution in [2.75, 3.05) is 0 Å². The second-order valence-electron chi connectivity index (χ2n) is 5.24. The number of thiocarbonyl (C=S) groups is 1. The molecule has 1 aliphatic heterocycles. The lowest BCUT2D eigenvalue weighted by molar-refractivity contribution is -0.123. The number of amides is 1. The summed E-state index contributed by atoms with van der Waals surface area (Å²) in [7, 11) is -4.01. The largest absolute Gasteiger partial charge is 0.281 e. The van der Waals surface area contributed by atoms with E-state index in [9.17, 15) is 13.2 Å². The molecule has 0 radical (unpaired) electrons. The van der Waals surface area contributed by atoms with Gasteiger partial charge in [0.25, 0.3) is 15.9 Å². The van der Waals surface area contributed by atoms with Gasteiger partial charge in [-0.1, -0.05) is 47.7 Å². The average molecular weight is 569 g/mol. The van der Waals surface area contributed by atoms with E-state index < -0.39 is 15.9 Å². The topological polar surface area (TPSA) is 66.5 Å². The number of nitrogens with one attached hydrogen (secondary N) is 1. The summed E-state index contributed by atoms with van der Waals surface area (Å²) in [5.41, 5.74) is 0.767. The summed E-state index contributed by atoms with van der Waals surface area (Å²) in [5.74, 6) is -0.547. The number of hydrogen-bond acceptors (Lipinski definition) is 5. The van der Waals surface area contributed by atoms with Crippen LogP contribution in [-0.2, 0) is 14.8 Å². The van der Waals surface area contributed by atoms with Crippen molar-refractivity contribution in [2.45, 2.75) is 4.90 Å². The van der Waals surface area contributed by atoms with Crippen molar-refractivity contribution >= 4 is 93.8 Å². The zero-order valence-corrected chi connectivity index (χ0v) is 19.5. The van der Waals surface area contributed by atoms with Gasteiger partial charge in [0.2, 0.25) is 0 Å². The highest BCUT2D eigenvalue weighted by molar-refractivity contribution is 9.13. The first kappa shape index (κ1) is 21.0. The molecular formula is C16H9Br2ClN2O3S3. The molecule has 0 saturated carbocycles. The Morgan fingerprint density at radius 3 is 2.56 bits per heavy atom. The number of carbonyl (C=O) groups excluding carboxylic acids is 1. The van der Waals surface area contributed by atoms with Crippen molar-refractivity contribution in [1.82, 2.24) is 9.84 Å². The molecule has 2 aromatic rings. The zero-order chi connectivity index (χ0) is 19.8. The fraction of sp³-hybridized carbons (Fsp3) is 0. The first-order valence-electron chi connectivity index (χ1n) is 7.18. The Labute approximate surface area is 187 Å². The van der Waals surface area contributed by atoms with Crippen LogP contribution in [0.2, 0.25) is 5.02 Å². The number of hydrogen-bond donors (Lipinski definition) is 1. The molecule has 1 amide bonds. The van der Waals surface area contributed by atoms with Gasteiger partial charge in [-0.3, -0.25) is 4.79 Å². The fourth-order valence-electron chi connectivity index (χ4n) is 2.11. The molecule has 0 spiro atoms. The van der Waals surface area contributed by atoms with Crippen molar-refractivity contribution in [3.63, 3.8) is 0 Å². The smallest absolute Gasteiger partial charge is 0.267 e. The summed E-state index contributed by atoms with van der Waals surface area (Å²) in [5, 5.41) is 1.11. The number of carbonyl (C=O) groups is 1. The molecule has 1 saturated heterocycles. The predicted octanol–water partition coefficient (Wildman–Crippen LogP) is 4.96. The monoisotopic (exact) mass is 566 g/mol. The molecule has 27 heavy (non-hydrogen) atoms. The van der Waals surface area contributed by atoms with Crippen LogP contribution < -0.4 is 4.83 Å². The number of hydrazine groups is 1. The molecule has 140 valence electrons. The van der Waals surface area contributed by atoms with Gasteiger partial charge in [-0.2, -0.15) is 0 Å². The number of benzene rings is 2. The number of sulfonamides is 1. The third-order valence-electron chi connectivity index (χ3n) is 3.35. The maximum absolute atomic E-state index is 12.6. The Bertz CT molecular complexity index is 1090. The van der Waals surface area contributed by atoms with Crippen LogP contribution in [0.15, 0.2) is 61.2 Å². The highest BCUT2D eigenvalue weighted by Crippen LogP contribution is 2.33. The van der Waals surface area contributed by atoms with Gasteiger partial charge in [0.05, 0.1) is 9.80 Å². The fourth-order valence-corrected chi connectivity index (χ4v) is 5.36. The Hall–Kier alpha value is -0.750. The number of rotatable bonds is 4. The minimum atomic E-state index is -4.01. The van der Waals surface area contributed by atoms with Crippen LogP contribution in [0, 0.1) is 0 Å². The van der Waals surface area contributed by atoms with Crippen molar-refractivity contribution < 1.29 is 13.2 Å². The second kappa shape index (κ2) is 8.32. The molecule has 11 heteroatoms. The first-order valence-corrected chi connectivity index (χ1v) is 11.9. The van der Waals surface area contributed by atoms with Gasteiger partial charge in [-0.25, -0.2) is 13.4 Å². The molecule has 1 N–H and O–H groups in total. The number of nitrogens with zero attached hydrogens (tertiary/aromatic N) is 1.